The first-order valence-corrected chi connectivity index (χ1v) is 8.79. The topological polar surface area (TPSA) is 12.0 Å². The van der Waals surface area contributed by atoms with Gasteiger partial charge in [-0.25, -0.2) is 0 Å². The molecule has 1 unspecified atom stereocenters. The van der Waals surface area contributed by atoms with Gasteiger partial charge in [-0.3, -0.25) is 0 Å². The molecule has 3 rings (SSSR count). The highest BCUT2D eigenvalue weighted by Gasteiger charge is 2.20. The second-order valence-corrected chi connectivity index (χ2v) is 6.79. The SMILES string of the molecule is C[C@H](CCC1C=CC=C1N[C@H](C)c1ccccc1)C1C=CC=C1. The first-order valence-electron chi connectivity index (χ1n) is 8.79. The van der Waals surface area contributed by atoms with Crippen molar-refractivity contribution in [2.24, 2.45) is 17.8 Å². The number of hydrogen-bond acceptors (Lipinski definition) is 1. The molecule has 23 heavy (non-hydrogen) atoms. The van der Waals surface area contributed by atoms with E-state index >= 15 is 0 Å². The molecule has 1 aromatic carbocycles. The van der Waals surface area contributed by atoms with Crippen LogP contribution in [0.5, 0.6) is 0 Å². The van der Waals surface area contributed by atoms with Gasteiger partial charge in [-0.1, -0.05) is 73.7 Å². The zero-order valence-electron chi connectivity index (χ0n) is 14.2. The predicted molar refractivity (Wildman–Crippen MR) is 98.9 cm³/mol. The van der Waals surface area contributed by atoms with Crippen LogP contribution in [0.2, 0.25) is 0 Å². The molecule has 0 saturated heterocycles. The van der Waals surface area contributed by atoms with E-state index in [0.717, 1.165) is 0 Å². The standard InChI is InChI=1S/C22H27N/c1-17(19-9-6-7-10-19)15-16-21-13-8-14-22(21)23-18(2)20-11-4-3-5-12-20/h3-14,17-19,21,23H,15-16H2,1-2H3/t17-,18-,21?/m1/s1. The molecule has 1 N–H and O–H groups in total. The fraction of sp³-hybridized carbons (Fsp3) is 0.364. The lowest BCUT2D eigenvalue weighted by molar-refractivity contribution is 0.420. The van der Waals surface area contributed by atoms with Crippen LogP contribution in [0.3, 0.4) is 0 Å². The molecule has 0 amide bonds. The minimum Gasteiger partial charge on any atom is -0.381 e. The summed E-state index contributed by atoms with van der Waals surface area (Å²) in [6.07, 6.45) is 18.2. The summed E-state index contributed by atoms with van der Waals surface area (Å²) < 4.78 is 0. The van der Waals surface area contributed by atoms with Gasteiger partial charge in [0.25, 0.3) is 0 Å². The lowest BCUT2D eigenvalue weighted by Gasteiger charge is -2.23. The largest absolute Gasteiger partial charge is 0.381 e. The minimum absolute atomic E-state index is 0.350. The maximum absolute atomic E-state index is 3.71. The highest BCUT2D eigenvalue weighted by atomic mass is 14.9. The highest BCUT2D eigenvalue weighted by molar-refractivity contribution is 5.28. The van der Waals surface area contributed by atoms with E-state index in [4.69, 9.17) is 0 Å². The average Bonchev–Trinajstić information content (AvgIpc) is 3.25. The summed E-state index contributed by atoms with van der Waals surface area (Å²) in [6.45, 7) is 4.61. The van der Waals surface area contributed by atoms with Crippen molar-refractivity contribution in [2.75, 3.05) is 0 Å². The van der Waals surface area contributed by atoms with Crippen LogP contribution in [0.15, 0.2) is 78.6 Å². The third-order valence-electron chi connectivity index (χ3n) is 5.07. The van der Waals surface area contributed by atoms with Crippen LogP contribution >= 0.6 is 0 Å². The quantitative estimate of drug-likeness (QED) is 0.695. The van der Waals surface area contributed by atoms with Gasteiger partial charge in [0, 0.05) is 17.7 Å². The molecule has 0 fully saturated rings. The third kappa shape index (κ3) is 4.04. The molecule has 1 heteroatoms. The van der Waals surface area contributed by atoms with Gasteiger partial charge in [-0.15, -0.1) is 0 Å². The van der Waals surface area contributed by atoms with Crippen molar-refractivity contribution in [3.05, 3.63) is 84.1 Å². The predicted octanol–water partition coefficient (Wildman–Crippen LogP) is 5.57. The zero-order valence-corrected chi connectivity index (χ0v) is 14.2. The second-order valence-electron chi connectivity index (χ2n) is 6.79. The van der Waals surface area contributed by atoms with E-state index in [9.17, 15) is 0 Å². The Bertz CT molecular complexity index is 609. The molecular weight excluding hydrogens is 278 g/mol. The Labute approximate surface area is 140 Å². The molecule has 0 aliphatic heterocycles. The van der Waals surface area contributed by atoms with Crippen molar-refractivity contribution in [3.63, 3.8) is 0 Å². The van der Waals surface area contributed by atoms with Gasteiger partial charge in [0.05, 0.1) is 0 Å². The molecule has 0 bridgehead atoms. The summed E-state index contributed by atoms with van der Waals surface area (Å²) in [6, 6.07) is 11.0. The second kappa shape index (κ2) is 7.50. The molecular formula is C22H27N. The van der Waals surface area contributed by atoms with Gasteiger partial charge >= 0.3 is 0 Å². The van der Waals surface area contributed by atoms with Crippen molar-refractivity contribution in [1.29, 1.82) is 0 Å². The van der Waals surface area contributed by atoms with Crippen molar-refractivity contribution < 1.29 is 0 Å². The minimum atomic E-state index is 0.350. The van der Waals surface area contributed by atoms with Crippen LogP contribution in [0.1, 0.15) is 38.3 Å². The lowest BCUT2D eigenvalue weighted by Crippen LogP contribution is -2.22. The van der Waals surface area contributed by atoms with Gasteiger partial charge in [-0.2, -0.15) is 0 Å². The lowest BCUT2D eigenvalue weighted by atomic mass is 9.87. The molecule has 1 aromatic rings. The molecule has 1 nitrogen and oxygen atoms in total. The molecule has 3 atom stereocenters. The Kier molecular flexibility index (Phi) is 5.17. The summed E-state index contributed by atoms with van der Waals surface area (Å²) in [5, 5.41) is 3.71. The molecule has 0 saturated carbocycles. The summed E-state index contributed by atoms with van der Waals surface area (Å²) in [5.41, 5.74) is 2.71. The number of nitrogens with one attached hydrogen (secondary N) is 1. The first kappa shape index (κ1) is 15.9. The molecule has 2 aliphatic carbocycles. The number of allylic oxidation sites excluding steroid dienone is 7. The fourth-order valence-electron chi connectivity index (χ4n) is 3.47. The van der Waals surface area contributed by atoms with Crippen LogP contribution in [0.25, 0.3) is 0 Å². The number of rotatable bonds is 7. The van der Waals surface area contributed by atoms with Crippen LogP contribution in [0, 0.1) is 17.8 Å². The molecule has 2 aliphatic rings. The van der Waals surface area contributed by atoms with Crippen LogP contribution in [-0.2, 0) is 0 Å². The Morgan fingerprint density at radius 1 is 0.957 bits per heavy atom. The van der Waals surface area contributed by atoms with E-state index in [1.807, 2.05) is 0 Å². The molecule has 0 radical (unpaired) electrons. The van der Waals surface area contributed by atoms with Crippen LogP contribution in [0.4, 0.5) is 0 Å². The van der Waals surface area contributed by atoms with Gasteiger partial charge in [0.2, 0.25) is 0 Å². The van der Waals surface area contributed by atoms with Crippen LogP contribution in [-0.4, -0.2) is 0 Å². The monoisotopic (exact) mass is 305 g/mol. The van der Waals surface area contributed by atoms with Gasteiger partial charge in [-0.05, 0) is 43.2 Å². The van der Waals surface area contributed by atoms with Gasteiger partial charge in [0.15, 0.2) is 0 Å². The number of benzene rings is 1. The van der Waals surface area contributed by atoms with E-state index in [1.54, 1.807) is 0 Å². The van der Waals surface area contributed by atoms with Crippen molar-refractivity contribution >= 4 is 0 Å². The summed E-state index contributed by atoms with van der Waals surface area (Å²) in [4.78, 5) is 0. The molecule has 0 spiro atoms. The van der Waals surface area contributed by atoms with E-state index in [1.165, 1.54) is 24.1 Å². The highest BCUT2D eigenvalue weighted by Crippen LogP contribution is 2.30. The summed E-state index contributed by atoms with van der Waals surface area (Å²) in [7, 11) is 0. The van der Waals surface area contributed by atoms with E-state index in [0.29, 0.717) is 23.8 Å². The molecule has 120 valence electrons. The maximum Gasteiger partial charge on any atom is 0.0482 e. The van der Waals surface area contributed by atoms with E-state index in [2.05, 4.69) is 92.0 Å². The van der Waals surface area contributed by atoms with Gasteiger partial charge in [0.1, 0.15) is 0 Å². The van der Waals surface area contributed by atoms with Crippen LogP contribution < -0.4 is 5.32 Å². The zero-order chi connectivity index (χ0) is 16.1. The van der Waals surface area contributed by atoms with Crippen molar-refractivity contribution in [2.45, 2.75) is 32.7 Å². The van der Waals surface area contributed by atoms with Crippen molar-refractivity contribution in [3.8, 4) is 0 Å². The Morgan fingerprint density at radius 2 is 1.70 bits per heavy atom. The van der Waals surface area contributed by atoms with Gasteiger partial charge < -0.3 is 5.32 Å². The number of hydrogen-bond donors (Lipinski definition) is 1. The van der Waals surface area contributed by atoms with Crippen molar-refractivity contribution in [1.82, 2.24) is 5.32 Å². The fourth-order valence-corrected chi connectivity index (χ4v) is 3.47. The molecule has 0 aromatic heterocycles. The van der Waals surface area contributed by atoms with E-state index in [-0.39, 0.29) is 0 Å². The summed E-state index contributed by atoms with van der Waals surface area (Å²) in [5.74, 6) is 1.88. The first-order chi connectivity index (χ1) is 11.2. The Morgan fingerprint density at radius 3 is 2.43 bits per heavy atom. The average molecular weight is 305 g/mol. The van der Waals surface area contributed by atoms with E-state index < -0.39 is 0 Å². The Hall–Kier alpha value is -2.02. The smallest absolute Gasteiger partial charge is 0.0482 e. The maximum atomic E-state index is 3.71. The third-order valence-corrected chi connectivity index (χ3v) is 5.07. The summed E-state index contributed by atoms with van der Waals surface area (Å²) >= 11 is 0. The molecule has 0 heterocycles. The Balaban J connectivity index is 1.52. The normalized spacial score (nSPS) is 22.3.